The fourth-order valence-electron chi connectivity index (χ4n) is 2.85. The molecule has 0 spiro atoms. The van der Waals surface area contributed by atoms with Gasteiger partial charge in [-0.1, -0.05) is 29.8 Å². The second-order valence-electron chi connectivity index (χ2n) is 6.52. The van der Waals surface area contributed by atoms with Crippen molar-refractivity contribution in [1.29, 1.82) is 0 Å². The normalized spacial score (nSPS) is 12.1. The first-order valence-corrected chi connectivity index (χ1v) is 9.23. The average Bonchev–Trinajstić information content (AvgIpc) is 2.98. The van der Waals surface area contributed by atoms with E-state index in [1.165, 1.54) is 16.0 Å². The van der Waals surface area contributed by atoms with Gasteiger partial charge in [0.25, 0.3) is 0 Å². The molecule has 1 aromatic heterocycles. The van der Waals surface area contributed by atoms with Crippen LogP contribution in [0.15, 0.2) is 48.5 Å². The molecule has 5 nitrogen and oxygen atoms in total. The maximum atomic E-state index is 5.49. The molecule has 0 saturated carbocycles. The SMILES string of the molecule is CCOc1ccc(C[NH+](C)Cn2[nH]c(-c3ccc(C)cc3)nc2=S)cc1. The van der Waals surface area contributed by atoms with Crippen LogP contribution in [0.1, 0.15) is 18.1 Å². The minimum Gasteiger partial charge on any atom is -0.494 e. The number of aryl methyl sites for hydroxylation is 1. The van der Waals surface area contributed by atoms with Crippen LogP contribution in [0.25, 0.3) is 11.4 Å². The van der Waals surface area contributed by atoms with E-state index in [-0.39, 0.29) is 0 Å². The molecule has 0 radical (unpaired) electrons. The van der Waals surface area contributed by atoms with Gasteiger partial charge in [0.15, 0.2) is 12.5 Å². The highest BCUT2D eigenvalue weighted by Gasteiger charge is 2.10. The summed E-state index contributed by atoms with van der Waals surface area (Å²) in [5, 5.41) is 3.32. The van der Waals surface area contributed by atoms with E-state index in [2.05, 4.69) is 60.5 Å². The zero-order valence-electron chi connectivity index (χ0n) is 15.5. The van der Waals surface area contributed by atoms with E-state index in [9.17, 15) is 0 Å². The van der Waals surface area contributed by atoms with Crippen LogP contribution in [-0.4, -0.2) is 28.4 Å². The molecule has 6 heteroatoms. The monoisotopic (exact) mass is 369 g/mol. The van der Waals surface area contributed by atoms with E-state index in [0.29, 0.717) is 11.4 Å². The van der Waals surface area contributed by atoms with Crippen LogP contribution in [0.4, 0.5) is 0 Å². The highest BCUT2D eigenvalue weighted by molar-refractivity contribution is 7.71. The van der Waals surface area contributed by atoms with Gasteiger partial charge in [0.1, 0.15) is 12.3 Å². The quantitative estimate of drug-likeness (QED) is 0.630. The number of ether oxygens (including phenoxy) is 1. The number of hydrogen-bond acceptors (Lipinski definition) is 3. The van der Waals surface area contributed by atoms with Gasteiger partial charge in [0, 0.05) is 11.1 Å². The van der Waals surface area contributed by atoms with Gasteiger partial charge < -0.3 is 9.64 Å². The standard InChI is InChI=1S/C20H24N4OS/c1-4-25-18-11-7-16(8-12-18)13-23(3)14-24-20(26)21-19(22-24)17-9-5-15(2)6-10-17/h5-12H,4,13-14H2,1-3H3,(H,21,22,26)/p+1. The summed E-state index contributed by atoms with van der Waals surface area (Å²) in [6.45, 7) is 6.37. The molecular formula is C20H25N4OS+. The Balaban J connectivity index is 1.66. The lowest BCUT2D eigenvalue weighted by Crippen LogP contribution is -3.07. The van der Waals surface area contributed by atoms with Crippen molar-refractivity contribution >= 4 is 12.2 Å². The Morgan fingerprint density at radius 3 is 2.46 bits per heavy atom. The van der Waals surface area contributed by atoms with Gasteiger partial charge in [-0.2, -0.15) is 4.98 Å². The van der Waals surface area contributed by atoms with Crippen LogP contribution in [0.5, 0.6) is 5.75 Å². The van der Waals surface area contributed by atoms with Crippen molar-refractivity contribution in [3.05, 3.63) is 64.4 Å². The Bertz CT molecular complexity index is 897. The molecule has 0 aliphatic rings. The molecule has 2 aromatic carbocycles. The molecule has 3 rings (SSSR count). The molecule has 1 heterocycles. The molecule has 136 valence electrons. The summed E-state index contributed by atoms with van der Waals surface area (Å²) in [5.74, 6) is 1.72. The molecule has 26 heavy (non-hydrogen) atoms. The van der Waals surface area contributed by atoms with Gasteiger partial charge in [0.05, 0.1) is 13.7 Å². The van der Waals surface area contributed by atoms with Crippen molar-refractivity contribution in [3.63, 3.8) is 0 Å². The predicted octanol–water partition coefficient (Wildman–Crippen LogP) is 2.99. The Morgan fingerprint density at radius 1 is 1.12 bits per heavy atom. The lowest BCUT2D eigenvalue weighted by molar-refractivity contribution is -0.917. The highest BCUT2D eigenvalue weighted by Crippen LogP contribution is 2.15. The van der Waals surface area contributed by atoms with E-state index in [1.54, 1.807) is 0 Å². The number of quaternary nitrogens is 1. The largest absolute Gasteiger partial charge is 0.494 e. The molecule has 0 amide bonds. The Kier molecular flexibility index (Phi) is 5.85. The zero-order chi connectivity index (χ0) is 18.5. The smallest absolute Gasteiger partial charge is 0.221 e. The number of rotatable bonds is 7. The Morgan fingerprint density at radius 2 is 1.81 bits per heavy atom. The molecule has 3 aromatic rings. The van der Waals surface area contributed by atoms with Crippen molar-refractivity contribution < 1.29 is 9.64 Å². The molecule has 2 N–H and O–H groups in total. The van der Waals surface area contributed by atoms with Crippen molar-refractivity contribution in [2.75, 3.05) is 13.7 Å². The third kappa shape index (κ3) is 4.59. The molecule has 0 bridgehead atoms. The van der Waals surface area contributed by atoms with Crippen LogP contribution in [-0.2, 0) is 13.2 Å². The molecule has 0 aliphatic heterocycles. The number of nitrogens with one attached hydrogen (secondary N) is 2. The first kappa shape index (κ1) is 18.4. The van der Waals surface area contributed by atoms with E-state index in [4.69, 9.17) is 17.0 Å². The lowest BCUT2D eigenvalue weighted by Gasteiger charge is -2.14. The van der Waals surface area contributed by atoms with Crippen molar-refractivity contribution in [2.45, 2.75) is 27.1 Å². The summed E-state index contributed by atoms with van der Waals surface area (Å²) in [6, 6.07) is 16.5. The fraction of sp³-hybridized carbons (Fsp3) is 0.300. The van der Waals surface area contributed by atoms with Crippen LogP contribution >= 0.6 is 12.2 Å². The van der Waals surface area contributed by atoms with Crippen molar-refractivity contribution in [2.24, 2.45) is 0 Å². The topological polar surface area (TPSA) is 47.3 Å². The Labute approximate surface area is 159 Å². The van der Waals surface area contributed by atoms with E-state index in [1.807, 2.05) is 23.7 Å². The predicted molar refractivity (Wildman–Crippen MR) is 106 cm³/mol. The number of hydrogen-bond donors (Lipinski definition) is 2. The number of aromatic amines is 1. The summed E-state index contributed by atoms with van der Waals surface area (Å²) < 4.78 is 7.99. The van der Waals surface area contributed by atoms with Gasteiger partial charge in [-0.3, -0.25) is 5.10 Å². The van der Waals surface area contributed by atoms with Gasteiger partial charge in [-0.25, -0.2) is 4.68 Å². The van der Waals surface area contributed by atoms with Crippen molar-refractivity contribution in [3.8, 4) is 17.1 Å². The average molecular weight is 370 g/mol. The third-order valence-electron chi connectivity index (χ3n) is 4.17. The maximum Gasteiger partial charge on any atom is 0.221 e. The van der Waals surface area contributed by atoms with E-state index >= 15 is 0 Å². The number of benzene rings is 2. The van der Waals surface area contributed by atoms with Crippen LogP contribution in [0, 0.1) is 11.7 Å². The van der Waals surface area contributed by atoms with Gasteiger partial charge in [0.2, 0.25) is 4.77 Å². The number of nitrogens with zero attached hydrogens (tertiary/aromatic N) is 2. The second kappa shape index (κ2) is 8.29. The van der Waals surface area contributed by atoms with Crippen LogP contribution in [0.2, 0.25) is 0 Å². The summed E-state index contributed by atoms with van der Waals surface area (Å²) in [6.07, 6.45) is 0. The first-order valence-electron chi connectivity index (χ1n) is 8.82. The van der Waals surface area contributed by atoms with Gasteiger partial charge >= 0.3 is 0 Å². The van der Waals surface area contributed by atoms with E-state index < -0.39 is 0 Å². The highest BCUT2D eigenvalue weighted by atomic mass is 32.1. The minimum absolute atomic E-state index is 0.576. The van der Waals surface area contributed by atoms with Crippen molar-refractivity contribution in [1.82, 2.24) is 14.8 Å². The lowest BCUT2D eigenvalue weighted by atomic mass is 10.1. The maximum absolute atomic E-state index is 5.49. The summed E-state index contributed by atoms with van der Waals surface area (Å²) >= 11 is 5.42. The summed E-state index contributed by atoms with van der Waals surface area (Å²) in [5.41, 5.74) is 3.53. The number of H-pyrrole nitrogens is 1. The third-order valence-corrected chi connectivity index (χ3v) is 4.48. The summed E-state index contributed by atoms with van der Waals surface area (Å²) in [4.78, 5) is 5.80. The van der Waals surface area contributed by atoms with Gasteiger partial charge in [-0.15, -0.1) is 0 Å². The Hall–Kier alpha value is -2.44. The zero-order valence-corrected chi connectivity index (χ0v) is 16.3. The van der Waals surface area contributed by atoms with Gasteiger partial charge in [-0.05, 0) is 50.3 Å². The fourth-order valence-corrected chi connectivity index (χ4v) is 3.05. The van der Waals surface area contributed by atoms with Crippen LogP contribution in [0.3, 0.4) is 0 Å². The number of aromatic nitrogens is 3. The molecule has 0 aliphatic carbocycles. The van der Waals surface area contributed by atoms with E-state index in [0.717, 1.165) is 30.4 Å². The molecular weight excluding hydrogens is 344 g/mol. The minimum atomic E-state index is 0.576. The molecule has 0 fully saturated rings. The van der Waals surface area contributed by atoms with Crippen LogP contribution < -0.4 is 9.64 Å². The first-order chi connectivity index (χ1) is 12.5. The second-order valence-corrected chi connectivity index (χ2v) is 6.88. The molecule has 1 unspecified atom stereocenters. The molecule has 0 saturated heterocycles. The molecule has 1 atom stereocenters. The summed E-state index contributed by atoms with van der Waals surface area (Å²) in [7, 11) is 2.14.